The van der Waals surface area contributed by atoms with Crippen molar-refractivity contribution in [1.82, 2.24) is 10.2 Å². The van der Waals surface area contributed by atoms with Crippen molar-refractivity contribution in [2.75, 3.05) is 11.1 Å². The Kier molecular flexibility index (Phi) is 5.20. The minimum absolute atomic E-state index is 0.0000234. The second-order valence-corrected chi connectivity index (χ2v) is 9.98. The number of hydrogen-bond acceptors (Lipinski definition) is 7. The van der Waals surface area contributed by atoms with Crippen LogP contribution in [0.25, 0.3) is 10.8 Å². The number of carbonyl (C=O) groups is 2. The number of thioether (sulfide) groups is 1. The Hall–Kier alpha value is -2.45. The highest BCUT2D eigenvalue weighted by Crippen LogP contribution is 2.37. The summed E-state index contributed by atoms with van der Waals surface area (Å²) < 4.78 is 5.81. The summed E-state index contributed by atoms with van der Waals surface area (Å²) in [5.41, 5.74) is 3.84. The maximum atomic E-state index is 12.6. The molecule has 0 unspecified atom stereocenters. The van der Waals surface area contributed by atoms with Gasteiger partial charge in [-0.15, -0.1) is 21.5 Å². The number of benzene rings is 1. The van der Waals surface area contributed by atoms with E-state index < -0.39 is 0 Å². The van der Waals surface area contributed by atoms with Gasteiger partial charge in [0.05, 0.1) is 10.6 Å². The fourth-order valence-corrected chi connectivity index (χ4v) is 5.73. The van der Waals surface area contributed by atoms with Gasteiger partial charge in [-0.2, -0.15) is 0 Å². The number of anilines is 1. The Bertz CT molecular complexity index is 1130. The average molecular weight is 440 g/mol. The molecule has 0 fully saturated rings. The van der Waals surface area contributed by atoms with Crippen LogP contribution in [0.1, 0.15) is 46.1 Å². The first-order chi connectivity index (χ1) is 14.5. The topological polar surface area (TPSA) is 85.1 Å². The lowest BCUT2D eigenvalue weighted by Gasteiger charge is -2.17. The Balaban J connectivity index is 1.24. The Morgan fingerprint density at radius 3 is 3.03 bits per heavy atom. The number of amides is 1. The van der Waals surface area contributed by atoms with E-state index in [0.717, 1.165) is 34.9 Å². The molecule has 1 aromatic carbocycles. The molecule has 1 amide bonds. The largest absolute Gasteiger partial charge is 0.410 e. The van der Waals surface area contributed by atoms with Crippen molar-refractivity contribution >= 4 is 40.5 Å². The number of ketones is 1. The number of aryl methyl sites for hydroxylation is 2. The molecule has 0 bridgehead atoms. The molecular weight excluding hydrogens is 418 g/mol. The molecule has 1 aliphatic heterocycles. The second kappa shape index (κ2) is 8.00. The molecule has 3 heterocycles. The number of nitrogens with one attached hydrogen (secondary N) is 1. The molecule has 1 aliphatic carbocycles. The number of hydrogen-bond donors (Lipinski definition) is 1. The molecular formula is C22H21N3O3S2. The van der Waals surface area contributed by atoms with E-state index >= 15 is 0 Å². The standard InChI is InChI=1S/C22H21N3O3S2/c1-12-2-6-18-15(8-12)10-19(30-18)21-24-25-22(28-21)29-11-17(26)14-3-5-16-13(9-14)4-7-20(27)23-16/h3,5,9-10,12H,2,4,6-8,11H2,1H3,(H,23,27)/t12-/m0/s1. The van der Waals surface area contributed by atoms with Crippen molar-refractivity contribution < 1.29 is 14.0 Å². The van der Waals surface area contributed by atoms with Crippen LogP contribution in [-0.4, -0.2) is 27.6 Å². The molecule has 1 N–H and O–H groups in total. The highest BCUT2D eigenvalue weighted by atomic mass is 32.2. The van der Waals surface area contributed by atoms with Crippen LogP contribution in [0.2, 0.25) is 0 Å². The van der Waals surface area contributed by atoms with Gasteiger partial charge in [-0.3, -0.25) is 9.59 Å². The van der Waals surface area contributed by atoms with Crippen LogP contribution in [0.4, 0.5) is 5.69 Å². The van der Waals surface area contributed by atoms with Crippen molar-refractivity contribution in [3.05, 3.63) is 45.8 Å². The summed E-state index contributed by atoms with van der Waals surface area (Å²) in [5, 5.41) is 11.5. The van der Waals surface area contributed by atoms with Crippen LogP contribution in [0.5, 0.6) is 0 Å². The molecule has 0 saturated heterocycles. The zero-order chi connectivity index (χ0) is 20.7. The summed E-state index contributed by atoms with van der Waals surface area (Å²) in [7, 11) is 0. The van der Waals surface area contributed by atoms with Gasteiger partial charge in [0, 0.05) is 22.5 Å². The lowest BCUT2D eigenvalue weighted by Crippen LogP contribution is -2.19. The van der Waals surface area contributed by atoms with Gasteiger partial charge in [0.15, 0.2) is 5.78 Å². The van der Waals surface area contributed by atoms with Crippen LogP contribution in [0.3, 0.4) is 0 Å². The van der Waals surface area contributed by atoms with E-state index in [1.165, 1.54) is 28.6 Å². The van der Waals surface area contributed by atoms with Gasteiger partial charge in [0.2, 0.25) is 5.91 Å². The average Bonchev–Trinajstić information content (AvgIpc) is 3.38. The third kappa shape index (κ3) is 3.94. The molecule has 2 aromatic heterocycles. The van der Waals surface area contributed by atoms with Gasteiger partial charge in [-0.25, -0.2) is 0 Å². The first-order valence-electron chi connectivity index (χ1n) is 10.1. The Labute approximate surface area is 182 Å². The molecule has 30 heavy (non-hydrogen) atoms. The smallest absolute Gasteiger partial charge is 0.277 e. The highest BCUT2D eigenvalue weighted by Gasteiger charge is 2.22. The van der Waals surface area contributed by atoms with Gasteiger partial charge >= 0.3 is 0 Å². The first kappa shape index (κ1) is 19.5. The van der Waals surface area contributed by atoms with Crippen LogP contribution in [0.15, 0.2) is 33.9 Å². The summed E-state index contributed by atoms with van der Waals surface area (Å²) >= 11 is 2.99. The minimum atomic E-state index is 0.0000234. The molecule has 5 rings (SSSR count). The van der Waals surface area contributed by atoms with Crippen molar-refractivity contribution in [3.8, 4) is 10.8 Å². The van der Waals surface area contributed by atoms with Gasteiger partial charge in [0.25, 0.3) is 11.1 Å². The Morgan fingerprint density at radius 1 is 1.23 bits per heavy atom. The third-order valence-electron chi connectivity index (χ3n) is 5.60. The summed E-state index contributed by atoms with van der Waals surface area (Å²) in [6.45, 7) is 2.29. The Morgan fingerprint density at radius 2 is 2.13 bits per heavy atom. The quantitative estimate of drug-likeness (QED) is 0.455. The van der Waals surface area contributed by atoms with Crippen LogP contribution in [-0.2, 0) is 24.1 Å². The number of Topliss-reactive ketones (excluding diaryl/α,β-unsaturated/α-hetero) is 1. The van der Waals surface area contributed by atoms with E-state index in [4.69, 9.17) is 4.42 Å². The molecule has 0 radical (unpaired) electrons. The van der Waals surface area contributed by atoms with E-state index in [1.54, 1.807) is 23.5 Å². The van der Waals surface area contributed by atoms with E-state index in [2.05, 4.69) is 28.5 Å². The normalized spacial score (nSPS) is 17.9. The third-order valence-corrected chi connectivity index (χ3v) is 7.64. The van der Waals surface area contributed by atoms with Gasteiger partial charge in [-0.1, -0.05) is 18.7 Å². The van der Waals surface area contributed by atoms with Crippen molar-refractivity contribution in [2.24, 2.45) is 5.92 Å². The number of fused-ring (bicyclic) bond motifs is 2. The molecule has 8 heteroatoms. The van der Waals surface area contributed by atoms with E-state index in [-0.39, 0.29) is 17.4 Å². The predicted molar refractivity (Wildman–Crippen MR) is 117 cm³/mol. The van der Waals surface area contributed by atoms with E-state index in [0.29, 0.717) is 29.5 Å². The summed E-state index contributed by atoms with van der Waals surface area (Å²) in [4.78, 5) is 26.5. The zero-order valence-corrected chi connectivity index (χ0v) is 18.2. The molecule has 6 nitrogen and oxygen atoms in total. The zero-order valence-electron chi connectivity index (χ0n) is 16.6. The molecule has 1 atom stereocenters. The number of rotatable bonds is 5. The minimum Gasteiger partial charge on any atom is -0.410 e. The van der Waals surface area contributed by atoms with Crippen molar-refractivity contribution in [2.45, 2.75) is 44.3 Å². The number of aromatic nitrogens is 2. The molecule has 154 valence electrons. The molecule has 3 aromatic rings. The molecule has 0 spiro atoms. The highest BCUT2D eigenvalue weighted by molar-refractivity contribution is 7.99. The first-order valence-corrected chi connectivity index (χ1v) is 11.9. The fraction of sp³-hybridized carbons (Fsp3) is 0.364. The summed E-state index contributed by atoms with van der Waals surface area (Å²) in [6.07, 6.45) is 4.58. The summed E-state index contributed by atoms with van der Waals surface area (Å²) in [6, 6.07) is 7.60. The van der Waals surface area contributed by atoms with Gasteiger partial charge < -0.3 is 9.73 Å². The SMILES string of the molecule is C[C@H]1CCc2sc(-c3nnc(SCC(=O)c4ccc5c(c4)CCC(=O)N5)o3)cc2C1. The second-order valence-electron chi connectivity index (χ2n) is 7.91. The molecule has 0 saturated carbocycles. The van der Waals surface area contributed by atoms with E-state index in [9.17, 15) is 9.59 Å². The fourth-order valence-electron chi connectivity index (χ4n) is 3.95. The maximum absolute atomic E-state index is 12.6. The lowest BCUT2D eigenvalue weighted by atomic mass is 9.90. The van der Waals surface area contributed by atoms with Gasteiger partial charge in [-0.05, 0) is 67.0 Å². The van der Waals surface area contributed by atoms with Gasteiger partial charge in [0.1, 0.15) is 0 Å². The van der Waals surface area contributed by atoms with Crippen LogP contribution in [0, 0.1) is 5.92 Å². The van der Waals surface area contributed by atoms with Crippen LogP contribution >= 0.6 is 23.1 Å². The van der Waals surface area contributed by atoms with E-state index in [1.807, 2.05) is 6.07 Å². The molecule has 2 aliphatic rings. The number of thiophene rings is 1. The lowest BCUT2D eigenvalue weighted by molar-refractivity contribution is -0.116. The predicted octanol–water partition coefficient (Wildman–Crippen LogP) is 4.78. The van der Waals surface area contributed by atoms with Crippen LogP contribution < -0.4 is 5.32 Å². The monoisotopic (exact) mass is 439 g/mol. The number of nitrogens with zero attached hydrogens (tertiary/aromatic N) is 2. The number of carbonyl (C=O) groups excluding carboxylic acids is 2. The summed E-state index contributed by atoms with van der Waals surface area (Å²) in [5.74, 6) is 1.50. The maximum Gasteiger partial charge on any atom is 0.277 e. The van der Waals surface area contributed by atoms with Crippen molar-refractivity contribution in [1.29, 1.82) is 0 Å². The van der Waals surface area contributed by atoms with Crippen molar-refractivity contribution in [3.63, 3.8) is 0 Å².